The Morgan fingerprint density at radius 3 is 2.35 bits per heavy atom. The Morgan fingerprint density at radius 1 is 0.882 bits per heavy atom. The number of fused-ring (bicyclic) bond motifs is 2. The Hall–Kier alpha value is -3.89. The summed E-state index contributed by atoms with van der Waals surface area (Å²) in [6, 6.07) is 0.398. The number of carbonyl (C=O) groups is 3. The fourth-order valence-electron chi connectivity index (χ4n) is 5.49. The zero-order chi connectivity index (χ0) is 35.9. The van der Waals surface area contributed by atoms with Crippen LogP contribution in [0.5, 0.6) is 5.88 Å². The van der Waals surface area contributed by atoms with E-state index in [1.807, 2.05) is 11.8 Å². The summed E-state index contributed by atoms with van der Waals surface area (Å²) >= 11 is 1.90. The first-order valence-electron chi connectivity index (χ1n) is 17.6. The van der Waals surface area contributed by atoms with Gasteiger partial charge >= 0.3 is 12.0 Å². The third kappa shape index (κ3) is 15.5. The van der Waals surface area contributed by atoms with Gasteiger partial charge in [-0.15, -0.1) is 0 Å². The van der Waals surface area contributed by atoms with Crippen molar-refractivity contribution in [2.45, 2.75) is 68.7 Å². The Labute approximate surface area is 302 Å². The van der Waals surface area contributed by atoms with Gasteiger partial charge in [0.15, 0.2) is 12.1 Å². The van der Waals surface area contributed by atoms with Crippen LogP contribution in [-0.2, 0) is 28.5 Å². The van der Waals surface area contributed by atoms with Gasteiger partial charge in [-0.25, -0.2) is 14.8 Å². The number of nitrogens with zero attached hydrogens (tertiary/aromatic N) is 2. The Balaban J connectivity index is 0.825. The molecule has 0 radical (unpaired) electrons. The summed E-state index contributed by atoms with van der Waals surface area (Å²) in [5.41, 5.74) is 6.78. The number of urea groups is 1. The van der Waals surface area contributed by atoms with Crippen molar-refractivity contribution < 1.29 is 43.1 Å². The lowest BCUT2D eigenvalue weighted by Gasteiger charge is -2.16. The second-order valence-corrected chi connectivity index (χ2v) is 13.2. The van der Waals surface area contributed by atoms with Gasteiger partial charge < -0.3 is 49.9 Å². The van der Waals surface area contributed by atoms with Crippen LogP contribution in [0.15, 0.2) is 6.33 Å². The van der Waals surface area contributed by atoms with E-state index in [1.54, 1.807) is 0 Å². The van der Waals surface area contributed by atoms with Crippen LogP contribution >= 0.6 is 11.8 Å². The maximum Gasteiger partial charge on any atom is 0.392 e. The van der Waals surface area contributed by atoms with Crippen molar-refractivity contribution in [3.63, 3.8) is 0 Å². The van der Waals surface area contributed by atoms with Crippen molar-refractivity contribution in [2.24, 2.45) is 0 Å². The molecule has 282 valence electrons. The van der Waals surface area contributed by atoms with Crippen molar-refractivity contribution >= 4 is 46.7 Å². The number of aromatic nitrogens is 4. The fraction of sp³-hybridized carbons (Fsp3) is 0.697. The van der Waals surface area contributed by atoms with Crippen LogP contribution < -0.4 is 36.7 Å². The van der Waals surface area contributed by atoms with Gasteiger partial charge in [-0.2, -0.15) is 11.8 Å². The third-order valence-corrected chi connectivity index (χ3v) is 9.58. The second-order valence-electron chi connectivity index (χ2n) is 12.0. The zero-order valence-corrected chi connectivity index (χ0v) is 29.9. The van der Waals surface area contributed by atoms with E-state index in [0.717, 1.165) is 44.3 Å². The largest absolute Gasteiger partial charge is 0.453 e. The Morgan fingerprint density at radius 2 is 1.57 bits per heavy atom. The predicted octanol–water partition coefficient (Wildman–Crippen LogP) is 0.321. The SMILES string of the molecule is Nc1nc2nc[nH]c2c(OCC#CCOCCOCCOCCOCCNC(=O)CCCCCNC(=O)CCCC[C@@H]2SC[C@@H]3NC(=O)N[C@@H]32)[nH+]1. The number of hydrogen-bond donors (Lipinski definition) is 6. The quantitative estimate of drug-likeness (QED) is 0.0437. The monoisotopic (exact) mass is 734 g/mol. The third-order valence-electron chi connectivity index (χ3n) is 8.07. The molecule has 0 spiro atoms. The summed E-state index contributed by atoms with van der Waals surface area (Å²) in [6.07, 6.45) is 7.84. The summed E-state index contributed by atoms with van der Waals surface area (Å²) in [7, 11) is 0. The van der Waals surface area contributed by atoms with Gasteiger partial charge in [0.05, 0.1) is 64.7 Å². The molecule has 18 heteroatoms. The smallest absolute Gasteiger partial charge is 0.392 e. The molecule has 3 atom stereocenters. The Kier molecular flexibility index (Phi) is 18.4. The highest BCUT2D eigenvalue weighted by Gasteiger charge is 2.42. The van der Waals surface area contributed by atoms with Gasteiger partial charge in [0.2, 0.25) is 11.8 Å². The molecule has 2 aliphatic rings. The molecule has 2 aromatic rings. The number of rotatable bonds is 26. The molecule has 2 fully saturated rings. The first-order chi connectivity index (χ1) is 25.0. The first-order valence-corrected chi connectivity index (χ1v) is 18.7. The first kappa shape index (κ1) is 39.9. The summed E-state index contributed by atoms with van der Waals surface area (Å²) in [6.45, 7) is 4.53. The summed E-state index contributed by atoms with van der Waals surface area (Å²) in [4.78, 5) is 49.5. The maximum atomic E-state index is 12.1. The minimum Gasteiger partial charge on any atom is -0.453 e. The zero-order valence-electron chi connectivity index (χ0n) is 29.1. The highest BCUT2D eigenvalue weighted by atomic mass is 32.2. The van der Waals surface area contributed by atoms with Gasteiger partial charge in [-0.1, -0.05) is 24.7 Å². The van der Waals surface area contributed by atoms with E-state index < -0.39 is 0 Å². The molecular weight excluding hydrogens is 682 g/mol. The van der Waals surface area contributed by atoms with Crippen LogP contribution in [0.3, 0.4) is 0 Å². The normalized spacial score (nSPS) is 17.7. The summed E-state index contributed by atoms with van der Waals surface area (Å²) < 4.78 is 27.5. The van der Waals surface area contributed by atoms with E-state index in [4.69, 9.17) is 29.4 Å². The lowest BCUT2D eigenvalue weighted by molar-refractivity contribution is -0.378. The molecule has 0 bridgehead atoms. The molecule has 0 unspecified atom stereocenters. The van der Waals surface area contributed by atoms with Gasteiger partial charge in [0, 0.05) is 36.9 Å². The molecule has 8 N–H and O–H groups in total. The Bertz CT molecular complexity index is 1420. The predicted molar refractivity (Wildman–Crippen MR) is 190 cm³/mol. The molecule has 4 rings (SSSR count). The van der Waals surface area contributed by atoms with E-state index in [1.165, 1.54) is 6.33 Å². The number of anilines is 1. The standard InChI is InChI=1S/C33H51N9O8S/c34-32-41-30-29(37-23-38-30)31(42-32)50-14-7-6-13-46-16-18-48-20-21-49-19-17-47-15-12-36-27(44)9-2-1-5-11-35-26(43)10-4-3-8-25-28-24(22-51-25)39-33(45)40-28/h23-25,28H,1-5,8-22H2,(H,35,43)(H,36,44)(H2,39,40,45)(H3,34,37,38,41,42)/p+1/t24-,25-,28-/m0/s1. The number of carbonyl (C=O) groups excluding carboxylic acids is 3. The number of imidazole rings is 1. The number of nitrogens with two attached hydrogens (primary N) is 1. The summed E-state index contributed by atoms with van der Waals surface area (Å²) in [5.74, 6) is 7.40. The lowest BCUT2D eigenvalue weighted by atomic mass is 10.0. The number of nitrogen functional groups attached to an aromatic ring is 1. The van der Waals surface area contributed by atoms with Gasteiger partial charge in [-0.05, 0) is 30.7 Å². The number of ether oxygens (including phenoxy) is 5. The van der Waals surface area contributed by atoms with E-state index in [2.05, 4.69) is 53.0 Å². The number of thioether (sulfide) groups is 1. The minimum absolute atomic E-state index is 0.00263. The van der Waals surface area contributed by atoms with Crippen LogP contribution in [-0.4, -0.2) is 128 Å². The fourth-order valence-corrected chi connectivity index (χ4v) is 7.03. The maximum absolute atomic E-state index is 12.1. The number of nitrogens with one attached hydrogen (secondary N) is 6. The number of H-pyrrole nitrogens is 2. The van der Waals surface area contributed by atoms with Crippen LogP contribution in [0.25, 0.3) is 11.2 Å². The van der Waals surface area contributed by atoms with Crippen molar-refractivity contribution in [1.82, 2.24) is 36.2 Å². The van der Waals surface area contributed by atoms with Crippen molar-refractivity contribution in [3.05, 3.63) is 6.33 Å². The highest BCUT2D eigenvalue weighted by molar-refractivity contribution is 8.00. The average Bonchev–Trinajstić information content (AvgIpc) is 3.84. The van der Waals surface area contributed by atoms with E-state index in [-0.39, 0.29) is 49.1 Å². The number of hydrogen-bond acceptors (Lipinski definition) is 12. The second kappa shape index (κ2) is 23.6. The van der Waals surface area contributed by atoms with Gasteiger partial charge in [0.25, 0.3) is 11.5 Å². The van der Waals surface area contributed by atoms with E-state index in [0.29, 0.717) is 94.5 Å². The summed E-state index contributed by atoms with van der Waals surface area (Å²) in [5, 5.41) is 12.2. The molecule has 2 aliphatic heterocycles. The molecule has 4 amide bonds. The number of unbranched alkanes of at least 4 members (excludes halogenated alkanes) is 3. The molecule has 0 saturated carbocycles. The van der Waals surface area contributed by atoms with Gasteiger partial charge in [-0.3, -0.25) is 15.3 Å². The lowest BCUT2D eigenvalue weighted by Crippen LogP contribution is -2.36. The van der Waals surface area contributed by atoms with Crippen LogP contribution in [0.2, 0.25) is 0 Å². The molecule has 17 nitrogen and oxygen atoms in total. The molecule has 51 heavy (non-hydrogen) atoms. The molecule has 2 aromatic heterocycles. The number of amides is 4. The van der Waals surface area contributed by atoms with E-state index in [9.17, 15) is 14.4 Å². The van der Waals surface area contributed by atoms with Gasteiger partial charge in [0.1, 0.15) is 6.61 Å². The van der Waals surface area contributed by atoms with Crippen LogP contribution in [0.4, 0.5) is 10.7 Å². The number of aromatic amines is 2. The van der Waals surface area contributed by atoms with E-state index >= 15 is 0 Å². The highest BCUT2D eigenvalue weighted by Crippen LogP contribution is 2.33. The van der Waals surface area contributed by atoms with Crippen LogP contribution in [0.1, 0.15) is 51.4 Å². The molecule has 4 heterocycles. The molecule has 0 aliphatic carbocycles. The molecule has 2 saturated heterocycles. The van der Waals surface area contributed by atoms with Crippen molar-refractivity contribution in [2.75, 3.05) is 84.0 Å². The molecular formula is C33H52N9O8S+. The topological polar surface area (TPSA) is 227 Å². The minimum atomic E-state index is -0.0634. The van der Waals surface area contributed by atoms with Crippen molar-refractivity contribution in [3.8, 4) is 17.7 Å². The van der Waals surface area contributed by atoms with Crippen molar-refractivity contribution in [1.29, 1.82) is 0 Å². The average molecular weight is 735 g/mol. The molecule has 0 aromatic carbocycles. The van der Waals surface area contributed by atoms with Crippen LogP contribution in [0, 0.1) is 11.8 Å².